The Hall–Kier alpha value is -2.27. The number of aryl methyl sites for hydroxylation is 1. The molecule has 0 saturated carbocycles. The zero-order chi connectivity index (χ0) is 16.2. The van der Waals surface area contributed by atoms with Crippen LogP contribution in [0.4, 0.5) is 5.69 Å². The second kappa shape index (κ2) is 6.87. The lowest BCUT2D eigenvalue weighted by Crippen LogP contribution is -2.11. The van der Waals surface area contributed by atoms with E-state index in [4.69, 9.17) is 0 Å². The van der Waals surface area contributed by atoms with Crippen LogP contribution in [0, 0.1) is 0 Å². The number of hydrogen-bond acceptors (Lipinski definition) is 3. The molecule has 0 aliphatic rings. The molecule has 0 aliphatic heterocycles. The lowest BCUT2D eigenvalue weighted by Gasteiger charge is -2.05. The Morgan fingerprint density at radius 2 is 2.04 bits per heavy atom. The third-order valence-corrected chi connectivity index (χ3v) is 4.43. The molecule has 1 aromatic carbocycles. The zero-order valence-electron chi connectivity index (χ0n) is 13.2. The average Bonchev–Trinajstić information content (AvgIpc) is 2.95. The van der Waals surface area contributed by atoms with Gasteiger partial charge in [-0.15, -0.1) is 11.8 Å². The van der Waals surface area contributed by atoms with E-state index in [0.717, 1.165) is 29.7 Å². The van der Waals surface area contributed by atoms with Crippen LogP contribution in [-0.2, 0) is 6.54 Å². The molecule has 0 unspecified atom stereocenters. The third kappa shape index (κ3) is 3.24. The van der Waals surface area contributed by atoms with Gasteiger partial charge in [-0.25, -0.2) is 4.98 Å². The van der Waals surface area contributed by atoms with Crippen molar-refractivity contribution in [2.75, 3.05) is 11.6 Å². The number of pyridine rings is 1. The number of anilines is 1. The summed E-state index contributed by atoms with van der Waals surface area (Å²) < 4.78 is 2.04. The molecule has 2 heterocycles. The molecule has 3 aromatic rings. The summed E-state index contributed by atoms with van der Waals surface area (Å²) in [5, 5.41) is 3.86. The molecule has 5 heteroatoms. The first-order valence-electron chi connectivity index (χ1n) is 7.62. The van der Waals surface area contributed by atoms with E-state index < -0.39 is 0 Å². The van der Waals surface area contributed by atoms with Crippen LogP contribution in [0.2, 0.25) is 0 Å². The highest BCUT2D eigenvalue weighted by Gasteiger charge is 2.15. The maximum Gasteiger partial charge on any atom is 0.257 e. The molecule has 0 atom stereocenters. The highest BCUT2D eigenvalue weighted by atomic mass is 32.2. The highest BCUT2D eigenvalue weighted by Crippen LogP contribution is 2.22. The van der Waals surface area contributed by atoms with E-state index in [-0.39, 0.29) is 5.91 Å². The fraction of sp³-hybridized carbons (Fsp3) is 0.222. The number of aromatic nitrogens is 2. The number of carbonyl (C=O) groups excluding carboxylic acids is 1. The second-order valence-electron chi connectivity index (χ2n) is 5.29. The largest absolute Gasteiger partial charge is 0.332 e. The van der Waals surface area contributed by atoms with Gasteiger partial charge in [0, 0.05) is 34.9 Å². The van der Waals surface area contributed by atoms with E-state index in [1.54, 1.807) is 18.0 Å². The molecular formula is C18H19N3OS. The summed E-state index contributed by atoms with van der Waals surface area (Å²) in [6.45, 7) is 2.96. The van der Waals surface area contributed by atoms with Gasteiger partial charge in [0.25, 0.3) is 5.91 Å². The predicted molar refractivity (Wildman–Crippen MR) is 96.2 cm³/mol. The monoisotopic (exact) mass is 325 g/mol. The Kier molecular flexibility index (Phi) is 4.67. The van der Waals surface area contributed by atoms with Gasteiger partial charge in [-0.1, -0.05) is 6.92 Å². The molecule has 0 saturated heterocycles. The molecule has 4 nitrogen and oxygen atoms in total. The van der Waals surface area contributed by atoms with Crippen LogP contribution in [0.3, 0.4) is 0 Å². The van der Waals surface area contributed by atoms with Crippen LogP contribution in [0.1, 0.15) is 23.7 Å². The minimum Gasteiger partial charge on any atom is -0.332 e. The SMILES string of the molecule is CCCn1cc(C(=O)Nc2ccc(SC)cc2)c2cccnc21. The molecule has 0 radical (unpaired) electrons. The van der Waals surface area contributed by atoms with E-state index in [9.17, 15) is 4.79 Å². The first kappa shape index (κ1) is 15.6. The van der Waals surface area contributed by atoms with Gasteiger partial charge < -0.3 is 9.88 Å². The van der Waals surface area contributed by atoms with E-state index in [2.05, 4.69) is 17.2 Å². The third-order valence-electron chi connectivity index (χ3n) is 3.69. The molecule has 3 rings (SSSR count). The molecule has 0 fully saturated rings. The van der Waals surface area contributed by atoms with Crippen LogP contribution >= 0.6 is 11.8 Å². The number of nitrogens with one attached hydrogen (secondary N) is 1. The first-order chi connectivity index (χ1) is 11.2. The number of fused-ring (bicyclic) bond motifs is 1. The molecule has 118 valence electrons. The van der Waals surface area contributed by atoms with Crippen molar-refractivity contribution in [3.8, 4) is 0 Å². The van der Waals surface area contributed by atoms with Crippen molar-refractivity contribution in [2.45, 2.75) is 24.8 Å². The van der Waals surface area contributed by atoms with Crippen molar-refractivity contribution in [1.29, 1.82) is 0 Å². The van der Waals surface area contributed by atoms with Gasteiger partial charge in [0.2, 0.25) is 0 Å². The normalized spacial score (nSPS) is 10.9. The topological polar surface area (TPSA) is 46.9 Å². The van der Waals surface area contributed by atoms with Gasteiger partial charge in [-0.3, -0.25) is 4.79 Å². The maximum atomic E-state index is 12.6. The highest BCUT2D eigenvalue weighted by molar-refractivity contribution is 7.98. The smallest absolute Gasteiger partial charge is 0.257 e. The number of rotatable bonds is 5. The summed E-state index contributed by atoms with van der Waals surface area (Å²) in [7, 11) is 0. The van der Waals surface area contributed by atoms with E-state index >= 15 is 0 Å². The van der Waals surface area contributed by atoms with Crippen LogP contribution in [0.5, 0.6) is 0 Å². The summed E-state index contributed by atoms with van der Waals surface area (Å²) in [5.74, 6) is -0.102. The first-order valence-corrected chi connectivity index (χ1v) is 8.84. The summed E-state index contributed by atoms with van der Waals surface area (Å²) >= 11 is 1.68. The van der Waals surface area contributed by atoms with Crippen LogP contribution < -0.4 is 5.32 Å². The van der Waals surface area contributed by atoms with Crippen molar-refractivity contribution >= 4 is 34.4 Å². The zero-order valence-corrected chi connectivity index (χ0v) is 14.1. The number of nitrogens with zero attached hydrogens (tertiary/aromatic N) is 2. The fourth-order valence-electron chi connectivity index (χ4n) is 2.59. The van der Waals surface area contributed by atoms with Crippen LogP contribution in [0.25, 0.3) is 11.0 Å². The fourth-order valence-corrected chi connectivity index (χ4v) is 3.00. The second-order valence-corrected chi connectivity index (χ2v) is 6.17. The van der Waals surface area contributed by atoms with Gasteiger partial charge in [-0.2, -0.15) is 0 Å². The van der Waals surface area contributed by atoms with Gasteiger partial charge >= 0.3 is 0 Å². The molecule has 0 spiro atoms. The summed E-state index contributed by atoms with van der Waals surface area (Å²) in [6, 6.07) is 11.7. The summed E-state index contributed by atoms with van der Waals surface area (Å²) in [4.78, 5) is 18.2. The predicted octanol–water partition coefficient (Wildman–Crippen LogP) is 4.42. The van der Waals surface area contributed by atoms with E-state index in [1.807, 2.05) is 53.4 Å². The van der Waals surface area contributed by atoms with E-state index in [1.165, 1.54) is 4.90 Å². The number of thioether (sulfide) groups is 1. The van der Waals surface area contributed by atoms with Gasteiger partial charge in [0.05, 0.1) is 5.56 Å². The minimum absolute atomic E-state index is 0.102. The van der Waals surface area contributed by atoms with Crippen LogP contribution in [0.15, 0.2) is 53.7 Å². The molecule has 0 aliphatic carbocycles. The van der Waals surface area contributed by atoms with Gasteiger partial charge in [0.1, 0.15) is 5.65 Å². The molecule has 1 amide bonds. The number of hydrogen-bond donors (Lipinski definition) is 1. The Labute approximate surface area is 139 Å². The Balaban J connectivity index is 1.90. The van der Waals surface area contributed by atoms with Crippen LogP contribution in [-0.4, -0.2) is 21.7 Å². The molecule has 0 bridgehead atoms. The Bertz CT molecular complexity index is 824. The maximum absolute atomic E-state index is 12.6. The standard InChI is InChI=1S/C18H19N3OS/c1-3-11-21-12-16(15-5-4-10-19-17(15)21)18(22)20-13-6-8-14(23-2)9-7-13/h4-10,12H,3,11H2,1-2H3,(H,20,22). The Morgan fingerprint density at radius 1 is 1.26 bits per heavy atom. The lowest BCUT2D eigenvalue weighted by atomic mass is 10.2. The number of amides is 1. The van der Waals surface area contributed by atoms with Crippen molar-refractivity contribution in [3.05, 3.63) is 54.4 Å². The lowest BCUT2D eigenvalue weighted by molar-refractivity contribution is 0.102. The number of benzene rings is 1. The molecule has 1 N–H and O–H groups in total. The molecular weight excluding hydrogens is 306 g/mol. The Morgan fingerprint density at radius 3 is 2.74 bits per heavy atom. The summed E-state index contributed by atoms with van der Waals surface area (Å²) in [5.41, 5.74) is 2.32. The van der Waals surface area contributed by atoms with E-state index in [0.29, 0.717) is 5.56 Å². The average molecular weight is 325 g/mol. The quantitative estimate of drug-likeness (QED) is 0.706. The summed E-state index contributed by atoms with van der Waals surface area (Å²) in [6.07, 6.45) is 6.69. The molecule has 2 aromatic heterocycles. The number of carbonyl (C=O) groups is 1. The van der Waals surface area contributed by atoms with Gasteiger partial charge in [0.15, 0.2) is 0 Å². The minimum atomic E-state index is -0.102. The van der Waals surface area contributed by atoms with Crippen molar-refractivity contribution in [3.63, 3.8) is 0 Å². The van der Waals surface area contributed by atoms with Gasteiger partial charge in [-0.05, 0) is 49.1 Å². The van der Waals surface area contributed by atoms with Crippen molar-refractivity contribution in [2.24, 2.45) is 0 Å². The van der Waals surface area contributed by atoms with Crippen molar-refractivity contribution in [1.82, 2.24) is 9.55 Å². The van der Waals surface area contributed by atoms with Crippen molar-refractivity contribution < 1.29 is 4.79 Å². The molecule has 23 heavy (non-hydrogen) atoms.